The van der Waals surface area contributed by atoms with E-state index >= 15 is 0 Å². The van der Waals surface area contributed by atoms with Gasteiger partial charge < -0.3 is 10.1 Å². The molecule has 1 heterocycles. The molecule has 1 aromatic carbocycles. The third-order valence-electron chi connectivity index (χ3n) is 3.28. The summed E-state index contributed by atoms with van der Waals surface area (Å²) in [6, 6.07) is 13.2. The van der Waals surface area contributed by atoms with E-state index in [9.17, 15) is 4.79 Å². The fraction of sp³-hybridized carbons (Fsp3) is 0.294. The van der Waals surface area contributed by atoms with Crippen molar-refractivity contribution in [2.24, 2.45) is 0 Å². The first kappa shape index (κ1) is 15.0. The van der Waals surface area contributed by atoms with E-state index < -0.39 is 5.54 Å². The third kappa shape index (κ3) is 4.05. The fourth-order valence-corrected chi connectivity index (χ4v) is 2.12. The van der Waals surface area contributed by atoms with E-state index in [1.54, 1.807) is 13.3 Å². The summed E-state index contributed by atoms with van der Waals surface area (Å²) in [5.74, 6) is 0.754. The van der Waals surface area contributed by atoms with Crippen molar-refractivity contribution in [1.29, 1.82) is 0 Å². The number of methoxy groups -OCH3 is 1. The highest BCUT2D eigenvalue weighted by Crippen LogP contribution is 2.17. The number of pyridine rings is 1. The second-order valence-corrected chi connectivity index (χ2v) is 5.41. The van der Waals surface area contributed by atoms with Crippen molar-refractivity contribution >= 4 is 5.91 Å². The van der Waals surface area contributed by atoms with Crippen molar-refractivity contribution in [2.75, 3.05) is 7.11 Å². The molecular weight excluding hydrogens is 264 g/mol. The molecular formula is C17H20N2O2. The Morgan fingerprint density at radius 3 is 2.48 bits per heavy atom. The Morgan fingerprint density at radius 2 is 1.90 bits per heavy atom. The van der Waals surface area contributed by atoms with Crippen LogP contribution >= 0.6 is 0 Å². The molecule has 0 atom stereocenters. The van der Waals surface area contributed by atoms with Crippen LogP contribution in [0, 0.1) is 0 Å². The number of nitrogens with one attached hydrogen (secondary N) is 1. The number of carbonyl (C=O) groups is 1. The van der Waals surface area contributed by atoms with E-state index in [1.165, 1.54) is 0 Å². The summed E-state index contributed by atoms with van der Waals surface area (Å²) < 4.78 is 5.10. The molecule has 1 N–H and O–H groups in total. The highest BCUT2D eigenvalue weighted by Gasteiger charge is 2.23. The maximum Gasteiger partial charge on any atom is 0.225 e. The van der Waals surface area contributed by atoms with E-state index in [1.807, 2.05) is 56.3 Å². The van der Waals surface area contributed by atoms with Crippen LogP contribution in [0.5, 0.6) is 5.75 Å². The molecule has 1 amide bonds. The molecule has 21 heavy (non-hydrogen) atoms. The molecule has 2 rings (SSSR count). The Kier molecular flexibility index (Phi) is 4.58. The fourth-order valence-electron chi connectivity index (χ4n) is 2.12. The maximum atomic E-state index is 12.2. The van der Waals surface area contributed by atoms with Gasteiger partial charge in [-0.15, -0.1) is 0 Å². The summed E-state index contributed by atoms with van der Waals surface area (Å²) in [4.78, 5) is 16.5. The first-order valence-corrected chi connectivity index (χ1v) is 6.87. The second kappa shape index (κ2) is 6.39. The SMILES string of the molecule is COc1ccc(CC(=O)NC(C)(C)c2ccccn2)cc1. The molecule has 0 saturated carbocycles. The number of aromatic nitrogens is 1. The van der Waals surface area contributed by atoms with Crippen LogP contribution in [-0.4, -0.2) is 18.0 Å². The Bertz CT molecular complexity index is 592. The van der Waals surface area contributed by atoms with Crippen molar-refractivity contribution in [2.45, 2.75) is 25.8 Å². The molecule has 110 valence electrons. The summed E-state index contributed by atoms with van der Waals surface area (Å²) in [6.45, 7) is 3.89. The Balaban J connectivity index is 2.00. The Morgan fingerprint density at radius 1 is 1.19 bits per heavy atom. The average molecular weight is 284 g/mol. The smallest absolute Gasteiger partial charge is 0.225 e. The van der Waals surface area contributed by atoms with Gasteiger partial charge in [-0.1, -0.05) is 18.2 Å². The van der Waals surface area contributed by atoms with E-state index in [0.29, 0.717) is 6.42 Å². The quantitative estimate of drug-likeness (QED) is 0.918. The highest BCUT2D eigenvalue weighted by molar-refractivity contribution is 5.79. The van der Waals surface area contributed by atoms with Crippen LogP contribution in [-0.2, 0) is 16.8 Å². The highest BCUT2D eigenvalue weighted by atomic mass is 16.5. The van der Waals surface area contributed by atoms with E-state index in [2.05, 4.69) is 10.3 Å². The summed E-state index contributed by atoms with van der Waals surface area (Å²) in [5, 5.41) is 3.02. The number of nitrogens with zero attached hydrogens (tertiary/aromatic N) is 1. The topological polar surface area (TPSA) is 51.2 Å². The maximum absolute atomic E-state index is 12.2. The lowest BCUT2D eigenvalue weighted by Gasteiger charge is -2.25. The van der Waals surface area contributed by atoms with Gasteiger partial charge in [0.1, 0.15) is 5.75 Å². The lowest BCUT2D eigenvalue weighted by Crippen LogP contribution is -2.42. The molecule has 4 nitrogen and oxygen atoms in total. The van der Waals surface area contributed by atoms with Gasteiger partial charge in [-0.25, -0.2) is 0 Å². The van der Waals surface area contributed by atoms with Gasteiger partial charge in [0.15, 0.2) is 0 Å². The predicted octanol–water partition coefficient (Wildman–Crippen LogP) is 2.68. The standard InChI is InChI=1S/C17H20N2O2/c1-17(2,15-6-4-5-11-18-15)19-16(20)12-13-7-9-14(21-3)10-8-13/h4-11H,12H2,1-3H3,(H,19,20). The molecule has 0 fully saturated rings. The van der Waals surface area contributed by atoms with Crippen LogP contribution in [0.2, 0.25) is 0 Å². The minimum atomic E-state index is -0.495. The van der Waals surface area contributed by atoms with Gasteiger partial charge in [0.2, 0.25) is 5.91 Å². The third-order valence-corrected chi connectivity index (χ3v) is 3.28. The molecule has 0 saturated heterocycles. The number of hydrogen-bond acceptors (Lipinski definition) is 3. The van der Waals surface area contributed by atoms with Crippen LogP contribution in [0.3, 0.4) is 0 Å². The Labute approximate surface area is 125 Å². The van der Waals surface area contributed by atoms with Crippen molar-refractivity contribution < 1.29 is 9.53 Å². The molecule has 0 radical (unpaired) electrons. The summed E-state index contributed by atoms with van der Waals surface area (Å²) in [7, 11) is 1.62. The molecule has 0 aliphatic rings. The minimum Gasteiger partial charge on any atom is -0.497 e. The zero-order chi connectivity index (χ0) is 15.3. The normalized spacial score (nSPS) is 11.0. The van der Waals surface area contributed by atoms with Crippen LogP contribution in [0.4, 0.5) is 0 Å². The van der Waals surface area contributed by atoms with Crippen molar-refractivity contribution in [3.05, 3.63) is 59.9 Å². The predicted molar refractivity (Wildman–Crippen MR) is 82.1 cm³/mol. The number of hydrogen-bond donors (Lipinski definition) is 1. The molecule has 1 aromatic heterocycles. The largest absolute Gasteiger partial charge is 0.497 e. The van der Waals surface area contributed by atoms with E-state index in [-0.39, 0.29) is 5.91 Å². The number of carbonyl (C=O) groups excluding carboxylic acids is 1. The second-order valence-electron chi connectivity index (χ2n) is 5.41. The van der Waals surface area contributed by atoms with Gasteiger partial charge in [-0.2, -0.15) is 0 Å². The first-order chi connectivity index (χ1) is 10.0. The van der Waals surface area contributed by atoms with Crippen LogP contribution in [0.15, 0.2) is 48.7 Å². The van der Waals surface area contributed by atoms with E-state index in [4.69, 9.17) is 4.74 Å². The monoisotopic (exact) mass is 284 g/mol. The summed E-state index contributed by atoms with van der Waals surface area (Å²) >= 11 is 0. The molecule has 0 bridgehead atoms. The van der Waals surface area contributed by atoms with Gasteiger partial charge in [-0.05, 0) is 43.7 Å². The van der Waals surface area contributed by atoms with Crippen LogP contribution < -0.4 is 10.1 Å². The van der Waals surface area contributed by atoms with Gasteiger partial charge in [0, 0.05) is 6.20 Å². The molecule has 0 spiro atoms. The molecule has 0 unspecified atom stereocenters. The van der Waals surface area contributed by atoms with E-state index in [0.717, 1.165) is 17.0 Å². The zero-order valence-corrected chi connectivity index (χ0v) is 12.6. The number of benzene rings is 1. The van der Waals surface area contributed by atoms with Gasteiger partial charge in [-0.3, -0.25) is 9.78 Å². The minimum absolute atomic E-state index is 0.0316. The Hall–Kier alpha value is -2.36. The number of ether oxygens (including phenoxy) is 1. The zero-order valence-electron chi connectivity index (χ0n) is 12.6. The number of amides is 1. The van der Waals surface area contributed by atoms with Gasteiger partial charge >= 0.3 is 0 Å². The average Bonchev–Trinajstić information content (AvgIpc) is 2.48. The van der Waals surface area contributed by atoms with Crippen molar-refractivity contribution in [3.63, 3.8) is 0 Å². The van der Waals surface area contributed by atoms with Crippen molar-refractivity contribution in [1.82, 2.24) is 10.3 Å². The van der Waals surface area contributed by atoms with Crippen molar-refractivity contribution in [3.8, 4) is 5.75 Å². The summed E-state index contributed by atoms with van der Waals surface area (Å²) in [6.07, 6.45) is 2.06. The first-order valence-electron chi connectivity index (χ1n) is 6.87. The van der Waals surface area contributed by atoms with Crippen LogP contribution in [0.25, 0.3) is 0 Å². The molecule has 2 aromatic rings. The molecule has 0 aliphatic heterocycles. The summed E-state index contributed by atoms with van der Waals surface area (Å²) in [5.41, 5.74) is 1.29. The van der Waals surface area contributed by atoms with Gasteiger partial charge in [0.05, 0.1) is 24.8 Å². The number of rotatable bonds is 5. The molecule has 0 aliphatic carbocycles. The lowest BCUT2D eigenvalue weighted by molar-refractivity contribution is -0.122. The van der Waals surface area contributed by atoms with Crippen LogP contribution in [0.1, 0.15) is 25.1 Å². The van der Waals surface area contributed by atoms with Gasteiger partial charge in [0.25, 0.3) is 0 Å². The lowest BCUT2D eigenvalue weighted by atomic mass is 9.99. The molecule has 4 heteroatoms.